The number of imidazole rings is 1. The second-order valence-corrected chi connectivity index (χ2v) is 5.24. The van der Waals surface area contributed by atoms with Gasteiger partial charge in [-0.3, -0.25) is 0 Å². The first-order chi connectivity index (χ1) is 10.3. The van der Waals surface area contributed by atoms with E-state index < -0.39 is 0 Å². The molecule has 0 aliphatic carbocycles. The molecule has 1 heterocycles. The molecule has 102 valence electrons. The van der Waals surface area contributed by atoms with Crippen molar-refractivity contribution in [1.29, 1.82) is 0 Å². The molecule has 0 aliphatic heterocycles. The molecule has 4 rings (SSSR count). The van der Waals surface area contributed by atoms with Gasteiger partial charge in [-0.2, -0.15) is 0 Å². The number of nitrogens with one attached hydrogen (secondary N) is 1. The van der Waals surface area contributed by atoms with Gasteiger partial charge in [0, 0.05) is 12.5 Å². The molecule has 0 amide bonds. The van der Waals surface area contributed by atoms with Crippen LogP contribution in [0.2, 0.25) is 0 Å². The SMILES string of the molecule is Oc1ccc2nc(Cc3ccc4ccccc4c3)[nH]c2c1. The van der Waals surface area contributed by atoms with E-state index in [1.165, 1.54) is 16.3 Å². The summed E-state index contributed by atoms with van der Waals surface area (Å²) in [7, 11) is 0. The number of phenolic OH excluding ortho intramolecular Hbond substituents is 1. The number of rotatable bonds is 2. The van der Waals surface area contributed by atoms with Crippen molar-refractivity contribution in [1.82, 2.24) is 9.97 Å². The third kappa shape index (κ3) is 2.23. The zero-order valence-corrected chi connectivity index (χ0v) is 11.4. The minimum Gasteiger partial charge on any atom is -0.508 e. The lowest BCUT2D eigenvalue weighted by Crippen LogP contribution is -1.90. The summed E-state index contributed by atoms with van der Waals surface area (Å²) in [6, 6.07) is 20.0. The highest BCUT2D eigenvalue weighted by molar-refractivity contribution is 5.83. The first-order valence-electron chi connectivity index (χ1n) is 6.93. The van der Waals surface area contributed by atoms with Crippen LogP contribution in [0.4, 0.5) is 0 Å². The number of phenols is 1. The highest BCUT2D eigenvalue weighted by atomic mass is 16.3. The zero-order valence-electron chi connectivity index (χ0n) is 11.4. The van der Waals surface area contributed by atoms with Crippen LogP contribution in [0.1, 0.15) is 11.4 Å². The minimum atomic E-state index is 0.253. The van der Waals surface area contributed by atoms with E-state index in [9.17, 15) is 5.11 Å². The second kappa shape index (κ2) is 4.63. The van der Waals surface area contributed by atoms with Crippen molar-refractivity contribution in [2.75, 3.05) is 0 Å². The number of aromatic hydroxyl groups is 1. The Labute approximate surface area is 121 Å². The quantitative estimate of drug-likeness (QED) is 0.580. The Kier molecular flexibility index (Phi) is 2.64. The van der Waals surface area contributed by atoms with Gasteiger partial charge in [0.25, 0.3) is 0 Å². The molecule has 0 saturated carbocycles. The first kappa shape index (κ1) is 12.0. The van der Waals surface area contributed by atoms with Gasteiger partial charge < -0.3 is 10.1 Å². The molecule has 0 fully saturated rings. The first-order valence-corrected chi connectivity index (χ1v) is 6.93. The molecule has 1 aromatic heterocycles. The largest absolute Gasteiger partial charge is 0.508 e. The molecular weight excluding hydrogens is 260 g/mol. The van der Waals surface area contributed by atoms with Gasteiger partial charge >= 0.3 is 0 Å². The standard InChI is InChI=1S/C18H14N2O/c21-15-7-8-16-17(11-15)20-18(19-16)10-12-5-6-13-3-1-2-4-14(13)9-12/h1-9,11,21H,10H2,(H,19,20). The molecule has 2 N–H and O–H groups in total. The molecule has 0 aliphatic rings. The highest BCUT2D eigenvalue weighted by Crippen LogP contribution is 2.20. The number of benzene rings is 3. The maximum atomic E-state index is 9.50. The number of hydrogen-bond acceptors (Lipinski definition) is 2. The summed E-state index contributed by atoms with van der Waals surface area (Å²) in [5.41, 5.74) is 2.96. The summed E-state index contributed by atoms with van der Waals surface area (Å²) in [4.78, 5) is 7.82. The molecule has 3 heteroatoms. The Bertz CT molecular complexity index is 940. The Morgan fingerprint density at radius 3 is 2.67 bits per heavy atom. The van der Waals surface area contributed by atoms with Crippen LogP contribution in [0.25, 0.3) is 21.8 Å². The fourth-order valence-electron chi connectivity index (χ4n) is 2.68. The van der Waals surface area contributed by atoms with Gasteiger partial charge in [0.2, 0.25) is 0 Å². The molecule has 0 unspecified atom stereocenters. The van der Waals surface area contributed by atoms with Crippen molar-refractivity contribution < 1.29 is 5.11 Å². The van der Waals surface area contributed by atoms with Crippen LogP contribution in [0.15, 0.2) is 60.7 Å². The predicted octanol–water partition coefficient (Wildman–Crippen LogP) is 4.01. The number of nitrogens with zero attached hydrogens (tertiary/aromatic N) is 1. The van der Waals surface area contributed by atoms with Crippen LogP contribution in [0, 0.1) is 0 Å². The summed E-state index contributed by atoms with van der Waals surface area (Å²) in [6.45, 7) is 0. The number of aromatic amines is 1. The maximum Gasteiger partial charge on any atom is 0.117 e. The molecule has 0 spiro atoms. The van der Waals surface area contributed by atoms with Crippen molar-refractivity contribution in [3.05, 3.63) is 72.1 Å². The lowest BCUT2D eigenvalue weighted by atomic mass is 10.1. The summed E-state index contributed by atoms with van der Waals surface area (Å²) in [6.07, 6.45) is 0.750. The van der Waals surface area contributed by atoms with Gasteiger partial charge in [0.05, 0.1) is 11.0 Å². The number of H-pyrrole nitrogens is 1. The molecule has 3 aromatic carbocycles. The Hall–Kier alpha value is -2.81. The molecule has 21 heavy (non-hydrogen) atoms. The van der Waals surface area contributed by atoms with Crippen LogP contribution in [0.3, 0.4) is 0 Å². The molecule has 0 bridgehead atoms. The number of aromatic nitrogens is 2. The van der Waals surface area contributed by atoms with Crippen LogP contribution in [-0.4, -0.2) is 15.1 Å². The average molecular weight is 274 g/mol. The molecular formula is C18H14N2O. The molecule has 4 aromatic rings. The smallest absolute Gasteiger partial charge is 0.117 e. The summed E-state index contributed by atoms with van der Waals surface area (Å²) in [5.74, 6) is 1.16. The van der Waals surface area contributed by atoms with E-state index in [0.29, 0.717) is 0 Å². The highest BCUT2D eigenvalue weighted by Gasteiger charge is 2.05. The molecule has 0 atom stereocenters. The average Bonchev–Trinajstić information content (AvgIpc) is 2.88. The summed E-state index contributed by atoms with van der Waals surface area (Å²) >= 11 is 0. The topological polar surface area (TPSA) is 48.9 Å². The van der Waals surface area contributed by atoms with Crippen LogP contribution >= 0.6 is 0 Å². The van der Waals surface area contributed by atoms with Crippen LogP contribution in [0.5, 0.6) is 5.75 Å². The van der Waals surface area contributed by atoms with Crippen molar-refractivity contribution in [2.45, 2.75) is 6.42 Å². The Morgan fingerprint density at radius 1 is 0.905 bits per heavy atom. The normalized spacial score (nSPS) is 11.2. The van der Waals surface area contributed by atoms with E-state index in [-0.39, 0.29) is 5.75 Å². The van der Waals surface area contributed by atoms with Gasteiger partial charge in [0.1, 0.15) is 11.6 Å². The maximum absolute atomic E-state index is 9.50. The van der Waals surface area contributed by atoms with E-state index in [2.05, 4.69) is 46.4 Å². The van der Waals surface area contributed by atoms with E-state index in [0.717, 1.165) is 23.3 Å². The third-order valence-corrected chi connectivity index (χ3v) is 3.70. The van der Waals surface area contributed by atoms with Gasteiger partial charge in [-0.05, 0) is 28.5 Å². The summed E-state index contributed by atoms with van der Waals surface area (Å²) in [5, 5.41) is 12.0. The van der Waals surface area contributed by atoms with Crippen molar-refractivity contribution in [2.24, 2.45) is 0 Å². The van der Waals surface area contributed by atoms with Gasteiger partial charge in [-0.1, -0.05) is 42.5 Å². The number of fused-ring (bicyclic) bond motifs is 2. The van der Waals surface area contributed by atoms with Crippen molar-refractivity contribution in [3.63, 3.8) is 0 Å². The molecule has 0 radical (unpaired) electrons. The Morgan fingerprint density at radius 2 is 1.76 bits per heavy atom. The van der Waals surface area contributed by atoms with E-state index in [4.69, 9.17) is 0 Å². The van der Waals surface area contributed by atoms with E-state index >= 15 is 0 Å². The molecule has 0 saturated heterocycles. The fraction of sp³-hybridized carbons (Fsp3) is 0.0556. The van der Waals surface area contributed by atoms with Crippen molar-refractivity contribution >= 4 is 21.8 Å². The Balaban J connectivity index is 1.71. The lowest BCUT2D eigenvalue weighted by Gasteiger charge is -2.01. The minimum absolute atomic E-state index is 0.253. The van der Waals surface area contributed by atoms with E-state index in [1.807, 2.05) is 12.1 Å². The zero-order chi connectivity index (χ0) is 14.2. The monoisotopic (exact) mass is 274 g/mol. The summed E-state index contributed by atoms with van der Waals surface area (Å²) < 4.78 is 0. The van der Waals surface area contributed by atoms with Crippen LogP contribution < -0.4 is 0 Å². The fourth-order valence-corrected chi connectivity index (χ4v) is 2.68. The number of hydrogen-bond donors (Lipinski definition) is 2. The van der Waals surface area contributed by atoms with Gasteiger partial charge in [-0.25, -0.2) is 4.98 Å². The predicted molar refractivity (Wildman–Crippen MR) is 84.5 cm³/mol. The van der Waals surface area contributed by atoms with Crippen LogP contribution in [-0.2, 0) is 6.42 Å². The van der Waals surface area contributed by atoms with Gasteiger partial charge in [0.15, 0.2) is 0 Å². The van der Waals surface area contributed by atoms with E-state index in [1.54, 1.807) is 12.1 Å². The van der Waals surface area contributed by atoms with Crippen molar-refractivity contribution in [3.8, 4) is 5.75 Å². The second-order valence-electron chi connectivity index (χ2n) is 5.24. The van der Waals surface area contributed by atoms with Gasteiger partial charge in [-0.15, -0.1) is 0 Å². The third-order valence-electron chi connectivity index (χ3n) is 3.70. The molecule has 3 nitrogen and oxygen atoms in total. The lowest BCUT2D eigenvalue weighted by molar-refractivity contribution is 0.476.